The van der Waals surface area contributed by atoms with Crippen molar-refractivity contribution in [3.05, 3.63) is 29.3 Å². The number of nitrogens with zero attached hydrogens (tertiary/aromatic N) is 1. The number of hydrogen-bond donors (Lipinski definition) is 2. The molecule has 0 bridgehead atoms. The zero-order valence-electron chi connectivity index (χ0n) is 12.9. The van der Waals surface area contributed by atoms with Crippen molar-refractivity contribution >= 4 is 0 Å². The lowest BCUT2D eigenvalue weighted by Crippen LogP contribution is -2.50. The first kappa shape index (κ1) is 15.8. The Bertz CT molecular complexity index is 514. The molecule has 0 aromatic heterocycles. The number of methoxy groups -OCH3 is 1. The van der Waals surface area contributed by atoms with E-state index in [2.05, 4.69) is 18.3 Å². The number of aliphatic hydroxyl groups excluding tert-OH is 1. The normalized spacial score (nSPS) is 25.3. The average molecular weight is 288 g/mol. The van der Waals surface area contributed by atoms with E-state index in [0.29, 0.717) is 17.9 Å². The SMILES string of the molecule is COc1cc(CNC2(CO)CCC(C)CC2)ccc1C#N. The monoisotopic (exact) mass is 288 g/mol. The third-order valence-electron chi connectivity index (χ3n) is 4.59. The van der Waals surface area contributed by atoms with Gasteiger partial charge in [0.05, 0.1) is 19.3 Å². The van der Waals surface area contributed by atoms with Gasteiger partial charge in [0, 0.05) is 12.1 Å². The minimum absolute atomic E-state index is 0.159. The van der Waals surface area contributed by atoms with Crippen molar-refractivity contribution in [2.45, 2.75) is 44.7 Å². The Morgan fingerprint density at radius 3 is 2.71 bits per heavy atom. The van der Waals surface area contributed by atoms with Crippen molar-refractivity contribution in [3.63, 3.8) is 0 Å². The van der Waals surface area contributed by atoms with Gasteiger partial charge in [-0.1, -0.05) is 13.0 Å². The highest BCUT2D eigenvalue weighted by atomic mass is 16.5. The second kappa shape index (κ2) is 6.93. The van der Waals surface area contributed by atoms with Gasteiger partial charge in [0.2, 0.25) is 0 Å². The maximum absolute atomic E-state index is 9.76. The zero-order valence-corrected chi connectivity index (χ0v) is 12.9. The minimum atomic E-state index is -0.159. The molecular formula is C17H24N2O2. The molecule has 1 aromatic rings. The molecule has 0 spiro atoms. The minimum Gasteiger partial charge on any atom is -0.495 e. The Morgan fingerprint density at radius 2 is 2.14 bits per heavy atom. The van der Waals surface area contributed by atoms with E-state index in [1.807, 2.05) is 12.1 Å². The number of benzene rings is 1. The average Bonchev–Trinajstić information content (AvgIpc) is 2.54. The smallest absolute Gasteiger partial charge is 0.136 e. The summed E-state index contributed by atoms with van der Waals surface area (Å²) in [6.45, 7) is 3.12. The van der Waals surface area contributed by atoms with Crippen molar-refractivity contribution in [1.82, 2.24) is 5.32 Å². The van der Waals surface area contributed by atoms with Crippen molar-refractivity contribution in [3.8, 4) is 11.8 Å². The summed E-state index contributed by atoms with van der Waals surface area (Å²) in [7, 11) is 1.57. The molecule has 4 heteroatoms. The van der Waals surface area contributed by atoms with Crippen LogP contribution in [0.2, 0.25) is 0 Å². The van der Waals surface area contributed by atoms with Crippen LogP contribution >= 0.6 is 0 Å². The third kappa shape index (κ3) is 3.75. The highest BCUT2D eigenvalue weighted by Gasteiger charge is 2.32. The van der Waals surface area contributed by atoms with Gasteiger partial charge in [0.1, 0.15) is 11.8 Å². The van der Waals surface area contributed by atoms with Crippen LogP contribution in [-0.4, -0.2) is 24.4 Å². The molecule has 0 amide bonds. The highest BCUT2D eigenvalue weighted by Crippen LogP contribution is 2.32. The second-order valence-electron chi connectivity index (χ2n) is 6.12. The first-order valence-corrected chi connectivity index (χ1v) is 7.55. The molecule has 2 N–H and O–H groups in total. The lowest BCUT2D eigenvalue weighted by molar-refractivity contribution is 0.104. The molecule has 0 radical (unpaired) electrons. The number of nitrogens with one attached hydrogen (secondary N) is 1. The summed E-state index contributed by atoms with van der Waals surface area (Å²) < 4.78 is 5.23. The molecule has 0 atom stereocenters. The van der Waals surface area contributed by atoms with Crippen molar-refractivity contribution in [1.29, 1.82) is 5.26 Å². The molecule has 4 nitrogen and oxygen atoms in total. The van der Waals surface area contributed by atoms with Gasteiger partial charge in [-0.3, -0.25) is 0 Å². The van der Waals surface area contributed by atoms with E-state index in [1.165, 1.54) is 0 Å². The van der Waals surface area contributed by atoms with Crippen molar-refractivity contribution in [2.24, 2.45) is 5.92 Å². The van der Waals surface area contributed by atoms with Crippen molar-refractivity contribution in [2.75, 3.05) is 13.7 Å². The molecule has 1 aliphatic carbocycles. The molecular weight excluding hydrogens is 264 g/mol. The molecule has 0 unspecified atom stereocenters. The summed E-state index contributed by atoms with van der Waals surface area (Å²) in [5, 5.41) is 22.3. The van der Waals surface area contributed by atoms with E-state index in [1.54, 1.807) is 13.2 Å². The topological polar surface area (TPSA) is 65.3 Å². The molecule has 0 saturated heterocycles. The molecule has 21 heavy (non-hydrogen) atoms. The Balaban J connectivity index is 2.03. The Kier molecular flexibility index (Phi) is 5.22. The van der Waals surface area contributed by atoms with E-state index in [4.69, 9.17) is 10.00 Å². The zero-order chi connectivity index (χ0) is 15.3. The van der Waals surface area contributed by atoms with E-state index in [0.717, 1.165) is 37.2 Å². The Hall–Kier alpha value is -1.57. The largest absolute Gasteiger partial charge is 0.495 e. The summed E-state index contributed by atoms with van der Waals surface area (Å²) in [5.41, 5.74) is 1.45. The van der Waals surface area contributed by atoms with Crippen LogP contribution in [0.4, 0.5) is 0 Å². The van der Waals surface area contributed by atoms with Gasteiger partial charge in [-0.15, -0.1) is 0 Å². The predicted octanol–water partition coefficient (Wildman–Crippen LogP) is 2.60. The van der Waals surface area contributed by atoms with Crippen LogP contribution in [-0.2, 0) is 6.54 Å². The molecule has 1 aromatic carbocycles. The van der Waals surface area contributed by atoms with Gasteiger partial charge in [0.15, 0.2) is 0 Å². The first-order valence-electron chi connectivity index (χ1n) is 7.55. The fourth-order valence-electron chi connectivity index (χ4n) is 2.93. The van der Waals surface area contributed by atoms with E-state index < -0.39 is 0 Å². The van der Waals surface area contributed by atoms with E-state index in [9.17, 15) is 5.11 Å². The fourth-order valence-corrected chi connectivity index (χ4v) is 2.93. The van der Waals surface area contributed by atoms with Gasteiger partial charge >= 0.3 is 0 Å². The quantitative estimate of drug-likeness (QED) is 0.874. The maximum Gasteiger partial charge on any atom is 0.136 e. The number of aliphatic hydroxyl groups is 1. The summed E-state index contributed by atoms with van der Waals surface area (Å²) in [6, 6.07) is 7.73. The molecule has 114 valence electrons. The summed E-state index contributed by atoms with van der Waals surface area (Å²) in [4.78, 5) is 0. The van der Waals surface area contributed by atoms with Gasteiger partial charge in [-0.2, -0.15) is 5.26 Å². The summed E-state index contributed by atoms with van der Waals surface area (Å²) in [6.07, 6.45) is 4.34. The van der Waals surface area contributed by atoms with Crippen LogP contribution in [0.1, 0.15) is 43.7 Å². The number of rotatable bonds is 5. The number of nitriles is 1. The van der Waals surface area contributed by atoms with Gasteiger partial charge in [-0.05, 0) is 49.3 Å². The van der Waals surface area contributed by atoms with Crippen LogP contribution in [0.15, 0.2) is 18.2 Å². The molecule has 1 saturated carbocycles. The van der Waals surface area contributed by atoms with Crippen LogP contribution < -0.4 is 10.1 Å². The molecule has 2 rings (SSSR count). The molecule has 1 fully saturated rings. The summed E-state index contributed by atoms with van der Waals surface area (Å²) in [5.74, 6) is 1.36. The van der Waals surface area contributed by atoms with E-state index >= 15 is 0 Å². The van der Waals surface area contributed by atoms with Crippen LogP contribution in [0.3, 0.4) is 0 Å². The van der Waals surface area contributed by atoms with Gasteiger partial charge < -0.3 is 15.2 Å². The molecule has 1 aliphatic rings. The van der Waals surface area contributed by atoms with Crippen LogP contribution in [0.25, 0.3) is 0 Å². The van der Waals surface area contributed by atoms with Gasteiger partial charge in [0.25, 0.3) is 0 Å². The van der Waals surface area contributed by atoms with E-state index in [-0.39, 0.29) is 12.1 Å². The second-order valence-corrected chi connectivity index (χ2v) is 6.12. The van der Waals surface area contributed by atoms with Crippen LogP contribution in [0.5, 0.6) is 5.75 Å². The fraction of sp³-hybridized carbons (Fsp3) is 0.588. The predicted molar refractivity (Wildman–Crippen MR) is 82.0 cm³/mol. The van der Waals surface area contributed by atoms with Crippen molar-refractivity contribution < 1.29 is 9.84 Å². The Labute approximate surface area is 126 Å². The summed E-state index contributed by atoms with van der Waals surface area (Å²) >= 11 is 0. The first-order chi connectivity index (χ1) is 10.1. The third-order valence-corrected chi connectivity index (χ3v) is 4.59. The molecule has 0 heterocycles. The standard InChI is InChI=1S/C17H24N2O2/c1-13-5-7-17(12-20,8-6-13)19-11-14-3-4-15(10-18)16(9-14)21-2/h3-4,9,13,19-20H,5-8,11-12H2,1-2H3. The molecule has 0 aliphatic heterocycles. The lowest BCUT2D eigenvalue weighted by atomic mass is 9.77. The Morgan fingerprint density at radius 1 is 1.43 bits per heavy atom. The number of ether oxygens (including phenoxy) is 1. The van der Waals surface area contributed by atoms with Crippen LogP contribution in [0, 0.1) is 17.2 Å². The highest BCUT2D eigenvalue weighted by molar-refractivity contribution is 5.45. The number of hydrogen-bond acceptors (Lipinski definition) is 4. The maximum atomic E-state index is 9.76. The lowest BCUT2D eigenvalue weighted by Gasteiger charge is -2.39. The van der Waals surface area contributed by atoms with Gasteiger partial charge in [-0.25, -0.2) is 0 Å².